The summed E-state index contributed by atoms with van der Waals surface area (Å²) < 4.78 is 0. The van der Waals surface area contributed by atoms with Crippen LogP contribution in [0, 0.1) is 0 Å². The van der Waals surface area contributed by atoms with E-state index >= 15 is 0 Å². The molecule has 2 aromatic rings. The second-order valence-corrected chi connectivity index (χ2v) is 5.59. The minimum Gasteiger partial charge on any atom is -0.398 e. The first-order valence-electron chi connectivity index (χ1n) is 4.67. The van der Waals surface area contributed by atoms with Gasteiger partial charge in [0.1, 0.15) is 0 Å². The molecule has 2 aromatic heterocycles. The van der Waals surface area contributed by atoms with Crippen molar-refractivity contribution in [2.45, 2.75) is 19.3 Å². The number of thiophene rings is 2. The summed E-state index contributed by atoms with van der Waals surface area (Å²) in [6.07, 6.45) is 0. The van der Waals surface area contributed by atoms with E-state index in [2.05, 4.69) is 24.6 Å². The maximum atomic E-state index is 5.96. The van der Waals surface area contributed by atoms with Crippen LogP contribution < -0.4 is 11.5 Å². The van der Waals surface area contributed by atoms with Gasteiger partial charge >= 0.3 is 0 Å². The second-order valence-electron chi connectivity index (χ2n) is 4.11. The lowest BCUT2D eigenvalue weighted by Crippen LogP contribution is -2.20. The topological polar surface area (TPSA) is 52.0 Å². The number of rotatable bonds is 2. The van der Waals surface area contributed by atoms with Crippen LogP contribution in [0.5, 0.6) is 0 Å². The Balaban J connectivity index is 2.53. The largest absolute Gasteiger partial charge is 0.398 e. The zero-order valence-corrected chi connectivity index (χ0v) is 10.4. The lowest BCUT2D eigenvalue weighted by Gasteiger charge is -2.24. The highest BCUT2D eigenvalue weighted by Crippen LogP contribution is 2.40. The van der Waals surface area contributed by atoms with Gasteiger partial charge in [-0.2, -0.15) is 0 Å². The molecule has 0 radical (unpaired) electrons. The molecule has 2 rings (SSSR count). The Bertz CT molecular complexity index is 426. The van der Waals surface area contributed by atoms with Gasteiger partial charge in [0.2, 0.25) is 0 Å². The standard InChI is InChI=1S/C11H14N2S2/c1-11(2,7-3-14-5-9(7)12)8-4-15-6-10(8)13/h3-6H,12-13H2,1-2H3. The fraction of sp³-hybridized carbons (Fsp3) is 0.273. The Morgan fingerprint density at radius 2 is 1.27 bits per heavy atom. The van der Waals surface area contributed by atoms with Gasteiger partial charge in [0.15, 0.2) is 0 Å². The van der Waals surface area contributed by atoms with Gasteiger partial charge in [-0.05, 0) is 21.9 Å². The van der Waals surface area contributed by atoms with Crippen molar-refractivity contribution in [3.05, 3.63) is 32.6 Å². The van der Waals surface area contributed by atoms with Crippen molar-refractivity contribution in [3.63, 3.8) is 0 Å². The van der Waals surface area contributed by atoms with Crippen molar-refractivity contribution in [1.82, 2.24) is 0 Å². The molecule has 80 valence electrons. The quantitative estimate of drug-likeness (QED) is 0.843. The van der Waals surface area contributed by atoms with Crippen LogP contribution in [0.15, 0.2) is 21.5 Å². The summed E-state index contributed by atoms with van der Waals surface area (Å²) in [7, 11) is 0. The van der Waals surface area contributed by atoms with Crippen molar-refractivity contribution in [3.8, 4) is 0 Å². The van der Waals surface area contributed by atoms with Crippen molar-refractivity contribution in [2.24, 2.45) is 0 Å². The average Bonchev–Trinajstić information content (AvgIpc) is 2.73. The average molecular weight is 238 g/mol. The first kappa shape index (κ1) is 10.5. The van der Waals surface area contributed by atoms with Crippen molar-refractivity contribution in [2.75, 3.05) is 11.5 Å². The van der Waals surface area contributed by atoms with Gasteiger partial charge in [-0.15, -0.1) is 22.7 Å². The highest BCUT2D eigenvalue weighted by Gasteiger charge is 2.28. The van der Waals surface area contributed by atoms with Crippen LogP contribution in [0.3, 0.4) is 0 Å². The summed E-state index contributed by atoms with van der Waals surface area (Å²) in [6.45, 7) is 4.31. The maximum Gasteiger partial charge on any atom is 0.0464 e. The zero-order valence-electron chi connectivity index (χ0n) is 8.78. The molecule has 4 N–H and O–H groups in total. The van der Waals surface area contributed by atoms with E-state index in [-0.39, 0.29) is 5.41 Å². The van der Waals surface area contributed by atoms with E-state index in [1.807, 2.05) is 10.8 Å². The van der Waals surface area contributed by atoms with Crippen LogP contribution in [0.2, 0.25) is 0 Å². The first-order chi connectivity index (χ1) is 7.03. The molecule has 2 heterocycles. The van der Waals surface area contributed by atoms with Gasteiger partial charge in [-0.1, -0.05) is 13.8 Å². The Morgan fingerprint density at radius 1 is 0.867 bits per heavy atom. The summed E-state index contributed by atoms with van der Waals surface area (Å²) in [6, 6.07) is 0. The highest BCUT2D eigenvalue weighted by atomic mass is 32.1. The molecule has 0 bridgehead atoms. The Labute approximate surface area is 97.5 Å². The summed E-state index contributed by atoms with van der Waals surface area (Å²) in [5.41, 5.74) is 15.9. The Hall–Kier alpha value is -1.00. The molecule has 0 aliphatic heterocycles. The molecule has 0 saturated heterocycles. The molecule has 0 unspecified atom stereocenters. The predicted octanol–water partition coefficient (Wildman–Crippen LogP) is 3.30. The highest BCUT2D eigenvalue weighted by molar-refractivity contribution is 7.08. The van der Waals surface area contributed by atoms with E-state index in [9.17, 15) is 0 Å². The monoisotopic (exact) mass is 238 g/mol. The van der Waals surface area contributed by atoms with Crippen LogP contribution >= 0.6 is 22.7 Å². The molecular formula is C11H14N2S2. The fourth-order valence-corrected chi connectivity index (χ4v) is 3.59. The molecule has 0 fully saturated rings. The van der Waals surface area contributed by atoms with E-state index in [4.69, 9.17) is 11.5 Å². The summed E-state index contributed by atoms with van der Waals surface area (Å²) in [5.74, 6) is 0. The lowest BCUT2D eigenvalue weighted by molar-refractivity contribution is 0.651. The van der Waals surface area contributed by atoms with Gasteiger partial charge < -0.3 is 11.5 Å². The molecule has 4 heteroatoms. The third-order valence-corrected chi connectivity index (χ3v) is 4.25. The van der Waals surface area contributed by atoms with E-state index in [1.165, 1.54) is 0 Å². The molecule has 15 heavy (non-hydrogen) atoms. The normalized spacial score (nSPS) is 11.9. The number of nitrogens with two attached hydrogens (primary N) is 2. The lowest BCUT2D eigenvalue weighted by atomic mass is 9.79. The molecule has 0 aliphatic rings. The van der Waals surface area contributed by atoms with Gasteiger partial charge in [-0.25, -0.2) is 0 Å². The summed E-state index contributed by atoms with van der Waals surface area (Å²) >= 11 is 3.27. The van der Waals surface area contributed by atoms with Crippen LogP contribution in [0.25, 0.3) is 0 Å². The molecule has 0 aromatic carbocycles. The molecule has 2 nitrogen and oxygen atoms in total. The van der Waals surface area contributed by atoms with Gasteiger partial charge in [0, 0.05) is 27.5 Å². The summed E-state index contributed by atoms with van der Waals surface area (Å²) in [5, 5.41) is 8.15. The van der Waals surface area contributed by atoms with Crippen LogP contribution in [0.4, 0.5) is 11.4 Å². The van der Waals surface area contributed by atoms with Crippen LogP contribution in [0.1, 0.15) is 25.0 Å². The molecular weight excluding hydrogens is 224 g/mol. The van der Waals surface area contributed by atoms with E-state index in [0.29, 0.717) is 0 Å². The van der Waals surface area contributed by atoms with Crippen molar-refractivity contribution in [1.29, 1.82) is 0 Å². The van der Waals surface area contributed by atoms with Crippen LogP contribution in [-0.2, 0) is 5.41 Å². The Kier molecular flexibility index (Phi) is 2.48. The first-order valence-corrected chi connectivity index (χ1v) is 6.56. The van der Waals surface area contributed by atoms with Crippen molar-refractivity contribution < 1.29 is 0 Å². The van der Waals surface area contributed by atoms with Gasteiger partial charge in [-0.3, -0.25) is 0 Å². The molecule has 0 aliphatic carbocycles. The minimum atomic E-state index is -0.103. The second kappa shape index (κ2) is 3.54. The molecule has 0 spiro atoms. The van der Waals surface area contributed by atoms with Crippen LogP contribution in [-0.4, -0.2) is 0 Å². The van der Waals surface area contributed by atoms with Gasteiger partial charge in [0.05, 0.1) is 0 Å². The van der Waals surface area contributed by atoms with Gasteiger partial charge in [0.25, 0.3) is 0 Å². The maximum absolute atomic E-state index is 5.96. The number of nitrogen functional groups attached to an aromatic ring is 2. The smallest absolute Gasteiger partial charge is 0.0464 e. The SMILES string of the molecule is CC(C)(c1cscc1N)c1cscc1N. The summed E-state index contributed by atoms with van der Waals surface area (Å²) in [4.78, 5) is 0. The zero-order chi connectivity index (χ0) is 11.1. The molecule has 0 saturated carbocycles. The fourth-order valence-electron chi connectivity index (χ4n) is 1.78. The third-order valence-electron chi connectivity index (χ3n) is 2.73. The number of hydrogen-bond acceptors (Lipinski definition) is 4. The third kappa shape index (κ3) is 1.64. The number of hydrogen-bond donors (Lipinski definition) is 2. The van der Waals surface area contributed by atoms with E-state index < -0.39 is 0 Å². The molecule has 0 atom stereocenters. The van der Waals surface area contributed by atoms with Crippen molar-refractivity contribution >= 4 is 34.0 Å². The minimum absolute atomic E-state index is 0.103. The van der Waals surface area contributed by atoms with E-state index in [0.717, 1.165) is 22.5 Å². The predicted molar refractivity (Wildman–Crippen MR) is 69.6 cm³/mol. The van der Waals surface area contributed by atoms with E-state index in [1.54, 1.807) is 22.7 Å². The molecule has 0 amide bonds. The number of anilines is 2. The Morgan fingerprint density at radius 3 is 1.53 bits per heavy atom.